The number of benzene rings is 1. The minimum absolute atomic E-state index is 0.0110. The number of nitrogens with zero attached hydrogens (tertiary/aromatic N) is 2. The van der Waals surface area contributed by atoms with Crippen molar-refractivity contribution in [1.82, 2.24) is 10.2 Å². The van der Waals surface area contributed by atoms with E-state index in [1.165, 1.54) is 12.1 Å². The molecule has 27 heavy (non-hydrogen) atoms. The highest BCUT2D eigenvalue weighted by Gasteiger charge is 2.26. The van der Waals surface area contributed by atoms with Crippen molar-refractivity contribution in [2.24, 2.45) is 11.7 Å². The van der Waals surface area contributed by atoms with E-state index in [2.05, 4.69) is 10.2 Å². The van der Waals surface area contributed by atoms with E-state index in [1.807, 2.05) is 4.90 Å². The lowest BCUT2D eigenvalue weighted by Crippen LogP contribution is -2.49. The molecule has 2 atom stereocenters. The standard InChI is InChI=1S/C20H29FN4O2/c21-16-4-6-18(7-5-16)24-10-12-25(13-11-24)19(26)8-9-23-20(27)15-2-1-3-17(22)14-15/h4-7,15,17H,1-3,8-14,22H2,(H,23,27). The molecule has 2 unspecified atom stereocenters. The first kappa shape index (κ1) is 19.6. The van der Waals surface area contributed by atoms with Gasteiger partial charge in [0.05, 0.1) is 0 Å². The number of carbonyl (C=O) groups excluding carboxylic acids is 2. The minimum Gasteiger partial charge on any atom is -0.368 e. The highest BCUT2D eigenvalue weighted by Crippen LogP contribution is 2.23. The summed E-state index contributed by atoms with van der Waals surface area (Å²) in [4.78, 5) is 28.6. The van der Waals surface area contributed by atoms with Crippen LogP contribution in [0.3, 0.4) is 0 Å². The van der Waals surface area contributed by atoms with E-state index in [1.54, 1.807) is 12.1 Å². The van der Waals surface area contributed by atoms with Gasteiger partial charge in [-0.1, -0.05) is 6.42 Å². The molecule has 7 heteroatoms. The fraction of sp³-hybridized carbons (Fsp3) is 0.600. The number of anilines is 1. The second-order valence-electron chi connectivity index (χ2n) is 7.51. The lowest BCUT2D eigenvalue weighted by Gasteiger charge is -2.36. The van der Waals surface area contributed by atoms with Crippen LogP contribution >= 0.6 is 0 Å². The topological polar surface area (TPSA) is 78.7 Å². The van der Waals surface area contributed by atoms with E-state index in [9.17, 15) is 14.0 Å². The van der Waals surface area contributed by atoms with Gasteiger partial charge in [0.25, 0.3) is 0 Å². The minimum atomic E-state index is -0.246. The average molecular weight is 376 g/mol. The summed E-state index contributed by atoms with van der Waals surface area (Å²) in [5, 5.41) is 2.89. The molecule has 1 aliphatic heterocycles. The van der Waals surface area contributed by atoms with Crippen LogP contribution in [0.4, 0.5) is 10.1 Å². The summed E-state index contributed by atoms with van der Waals surface area (Å²) in [5.41, 5.74) is 6.91. The van der Waals surface area contributed by atoms with Gasteiger partial charge in [0, 0.05) is 56.8 Å². The summed E-state index contributed by atoms with van der Waals surface area (Å²) in [6, 6.07) is 6.55. The van der Waals surface area contributed by atoms with Crippen LogP contribution < -0.4 is 16.0 Å². The largest absolute Gasteiger partial charge is 0.368 e. The zero-order valence-corrected chi connectivity index (χ0v) is 15.7. The smallest absolute Gasteiger partial charge is 0.224 e. The van der Waals surface area contributed by atoms with Crippen LogP contribution in [0.1, 0.15) is 32.1 Å². The number of amides is 2. The van der Waals surface area contributed by atoms with Crippen LogP contribution in [0.2, 0.25) is 0 Å². The number of hydrogen-bond donors (Lipinski definition) is 2. The van der Waals surface area contributed by atoms with Crippen molar-refractivity contribution in [3.8, 4) is 0 Å². The average Bonchev–Trinajstić information content (AvgIpc) is 2.68. The maximum Gasteiger partial charge on any atom is 0.224 e. The maximum atomic E-state index is 13.0. The molecule has 0 radical (unpaired) electrons. The predicted molar refractivity (Wildman–Crippen MR) is 103 cm³/mol. The monoisotopic (exact) mass is 376 g/mol. The molecule has 1 saturated heterocycles. The Morgan fingerprint density at radius 2 is 1.81 bits per heavy atom. The predicted octanol–water partition coefficient (Wildman–Crippen LogP) is 1.50. The molecule has 1 saturated carbocycles. The Labute approximate surface area is 159 Å². The fourth-order valence-corrected chi connectivity index (χ4v) is 3.93. The van der Waals surface area contributed by atoms with Crippen LogP contribution in [0, 0.1) is 11.7 Å². The molecule has 3 N–H and O–H groups in total. The van der Waals surface area contributed by atoms with Crippen LogP contribution in [0.5, 0.6) is 0 Å². The van der Waals surface area contributed by atoms with Crippen molar-refractivity contribution in [3.63, 3.8) is 0 Å². The van der Waals surface area contributed by atoms with Crippen molar-refractivity contribution in [2.45, 2.75) is 38.1 Å². The number of piperazine rings is 1. The number of halogens is 1. The quantitative estimate of drug-likeness (QED) is 0.816. The van der Waals surface area contributed by atoms with Crippen LogP contribution in [0.15, 0.2) is 24.3 Å². The second kappa shape index (κ2) is 9.17. The van der Waals surface area contributed by atoms with Crippen LogP contribution in [-0.4, -0.2) is 55.5 Å². The lowest BCUT2D eigenvalue weighted by atomic mass is 9.85. The third kappa shape index (κ3) is 5.42. The van der Waals surface area contributed by atoms with Gasteiger partial charge in [-0.15, -0.1) is 0 Å². The molecule has 2 amide bonds. The maximum absolute atomic E-state index is 13.0. The number of rotatable bonds is 5. The molecule has 2 aliphatic rings. The molecule has 2 fully saturated rings. The van der Waals surface area contributed by atoms with Gasteiger partial charge in [0.15, 0.2) is 0 Å². The Balaban J connectivity index is 1.37. The molecule has 3 rings (SSSR count). The highest BCUT2D eigenvalue weighted by molar-refractivity contribution is 5.80. The summed E-state index contributed by atoms with van der Waals surface area (Å²) < 4.78 is 13.0. The molecule has 1 heterocycles. The number of hydrogen-bond acceptors (Lipinski definition) is 4. The first-order valence-corrected chi connectivity index (χ1v) is 9.84. The van der Waals surface area contributed by atoms with Crippen LogP contribution in [0.25, 0.3) is 0 Å². The van der Waals surface area contributed by atoms with E-state index in [4.69, 9.17) is 5.73 Å². The van der Waals surface area contributed by atoms with Gasteiger partial charge in [0.1, 0.15) is 5.82 Å². The van der Waals surface area contributed by atoms with Gasteiger partial charge >= 0.3 is 0 Å². The SMILES string of the molecule is NC1CCCC(C(=O)NCCC(=O)N2CCN(c3ccc(F)cc3)CC2)C1. The van der Waals surface area contributed by atoms with E-state index >= 15 is 0 Å². The third-order valence-corrected chi connectivity index (χ3v) is 5.55. The molecule has 0 aromatic heterocycles. The third-order valence-electron chi connectivity index (χ3n) is 5.55. The molecular formula is C20H29FN4O2. The van der Waals surface area contributed by atoms with Gasteiger partial charge in [-0.25, -0.2) is 4.39 Å². The number of nitrogens with one attached hydrogen (secondary N) is 1. The van der Waals surface area contributed by atoms with E-state index < -0.39 is 0 Å². The number of carbonyl (C=O) groups is 2. The summed E-state index contributed by atoms with van der Waals surface area (Å²) in [7, 11) is 0. The molecule has 148 valence electrons. The normalized spacial score (nSPS) is 23.2. The Kier molecular flexibility index (Phi) is 6.66. The molecule has 1 aromatic carbocycles. The summed E-state index contributed by atoms with van der Waals surface area (Å²) in [6.45, 7) is 3.11. The Bertz CT molecular complexity index is 644. The Hall–Kier alpha value is -2.15. The first-order valence-electron chi connectivity index (χ1n) is 9.84. The van der Waals surface area contributed by atoms with Crippen molar-refractivity contribution in [3.05, 3.63) is 30.1 Å². The van der Waals surface area contributed by atoms with Gasteiger partial charge in [-0.2, -0.15) is 0 Å². The highest BCUT2D eigenvalue weighted by atomic mass is 19.1. The van der Waals surface area contributed by atoms with Crippen molar-refractivity contribution in [2.75, 3.05) is 37.6 Å². The molecule has 1 aliphatic carbocycles. The zero-order chi connectivity index (χ0) is 19.2. The zero-order valence-electron chi connectivity index (χ0n) is 15.7. The molecular weight excluding hydrogens is 347 g/mol. The van der Waals surface area contributed by atoms with Gasteiger partial charge < -0.3 is 20.9 Å². The lowest BCUT2D eigenvalue weighted by molar-refractivity contribution is -0.131. The Morgan fingerprint density at radius 3 is 2.48 bits per heavy atom. The second-order valence-corrected chi connectivity index (χ2v) is 7.51. The first-order chi connectivity index (χ1) is 13.0. The number of nitrogens with two attached hydrogens (primary N) is 1. The van der Waals surface area contributed by atoms with Crippen molar-refractivity contribution < 1.29 is 14.0 Å². The summed E-state index contributed by atoms with van der Waals surface area (Å²) >= 11 is 0. The molecule has 6 nitrogen and oxygen atoms in total. The molecule has 0 bridgehead atoms. The van der Waals surface area contributed by atoms with Gasteiger partial charge in [-0.3, -0.25) is 9.59 Å². The van der Waals surface area contributed by atoms with Gasteiger partial charge in [0.2, 0.25) is 11.8 Å². The summed E-state index contributed by atoms with van der Waals surface area (Å²) in [5.74, 6) is -0.165. The molecule has 1 aromatic rings. The molecule has 0 spiro atoms. The van der Waals surface area contributed by atoms with Crippen LogP contribution in [-0.2, 0) is 9.59 Å². The Morgan fingerprint density at radius 1 is 1.11 bits per heavy atom. The van der Waals surface area contributed by atoms with E-state index in [0.29, 0.717) is 26.1 Å². The van der Waals surface area contributed by atoms with Crippen molar-refractivity contribution >= 4 is 17.5 Å². The van der Waals surface area contributed by atoms with Crippen molar-refractivity contribution in [1.29, 1.82) is 0 Å². The summed E-state index contributed by atoms with van der Waals surface area (Å²) in [6.07, 6.45) is 3.94. The fourth-order valence-electron chi connectivity index (χ4n) is 3.93. The van der Waals surface area contributed by atoms with Gasteiger partial charge in [-0.05, 0) is 43.5 Å². The van der Waals surface area contributed by atoms with E-state index in [-0.39, 0.29) is 29.6 Å². The van der Waals surface area contributed by atoms with E-state index in [0.717, 1.165) is 44.5 Å².